The van der Waals surface area contributed by atoms with E-state index in [1.54, 1.807) is 12.1 Å². The lowest BCUT2D eigenvalue weighted by Gasteiger charge is -2.08. The topological polar surface area (TPSA) is 55.4 Å². The highest BCUT2D eigenvalue weighted by Crippen LogP contribution is 2.20. The molecule has 0 bridgehead atoms. The van der Waals surface area contributed by atoms with Crippen LogP contribution in [0, 0.1) is 0 Å². The van der Waals surface area contributed by atoms with E-state index in [0.29, 0.717) is 13.2 Å². The van der Waals surface area contributed by atoms with E-state index in [0.717, 1.165) is 11.1 Å². The van der Waals surface area contributed by atoms with Crippen molar-refractivity contribution in [3.05, 3.63) is 54.6 Å². The van der Waals surface area contributed by atoms with Gasteiger partial charge in [-0.2, -0.15) is 0 Å². The van der Waals surface area contributed by atoms with Crippen molar-refractivity contribution in [3.8, 4) is 11.1 Å². The Morgan fingerprint density at radius 1 is 0.952 bits per heavy atom. The number of rotatable bonds is 7. The van der Waals surface area contributed by atoms with Crippen LogP contribution in [0.5, 0.6) is 0 Å². The number of benzene rings is 2. The van der Waals surface area contributed by atoms with Crippen molar-refractivity contribution in [2.75, 3.05) is 19.8 Å². The quantitative estimate of drug-likeness (QED) is 0.800. The molecular weight excluding hydrogens is 286 g/mol. The van der Waals surface area contributed by atoms with E-state index in [4.69, 9.17) is 4.74 Å². The van der Waals surface area contributed by atoms with Gasteiger partial charge in [0.2, 0.25) is 10.0 Å². The van der Waals surface area contributed by atoms with E-state index in [9.17, 15) is 8.42 Å². The van der Waals surface area contributed by atoms with E-state index in [2.05, 4.69) is 4.72 Å². The van der Waals surface area contributed by atoms with Gasteiger partial charge >= 0.3 is 0 Å². The normalized spacial score (nSPS) is 11.5. The van der Waals surface area contributed by atoms with E-state index in [1.165, 1.54) is 0 Å². The highest BCUT2D eigenvalue weighted by atomic mass is 32.2. The maximum atomic E-state index is 12.1. The van der Waals surface area contributed by atoms with Crippen molar-refractivity contribution in [2.24, 2.45) is 0 Å². The summed E-state index contributed by atoms with van der Waals surface area (Å²) < 4.78 is 31.8. The van der Waals surface area contributed by atoms with Gasteiger partial charge in [-0.05, 0) is 30.2 Å². The second-order valence-corrected chi connectivity index (χ2v) is 6.25. The van der Waals surface area contributed by atoms with Crippen LogP contribution in [0.4, 0.5) is 0 Å². The van der Waals surface area contributed by atoms with Crippen molar-refractivity contribution >= 4 is 10.0 Å². The van der Waals surface area contributed by atoms with Gasteiger partial charge in [-0.1, -0.05) is 42.5 Å². The SMILES string of the molecule is CCOCCNS(=O)(=O)c1ccc(-c2ccccc2)cc1. The second kappa shape index (κ2) is 7.36. The summed E-state index contributed by atoms with van der Waals surface area (Å²) in [5.41, 5.74) is 2.05. The Bertz CT molecular complexity index is 652. The third kappa shape index (κ3) is 4.39. The second-order valence-electron chi connectivity index (χ2n) is 4.49. The molecule has 0 aromatic heterocycles. The summed E-state index contributed by atoms with van der Waals surface area (Å²) in [7, 11) is -3.47. The van der Waals surface area contributed by atoms with Crippen molar-refractivity contribution < 1.29 is 13.2 Å². The minimum atomic E-state index is -3.47. The number of hydrogen-bond donors (Lipinski definition) is 1. The molecule has 0 saturated carbocycles. The first-order valence-electron chi connectivity index (χ1n) is 6.86. The zero-order valence-electron chi connectivity index (χ0n) is 12.0. The molecule has 21 heavy (non-hydrogen) atoms. The molecule has 1 N–H and O–H groups in total. The monoisotopic (exact) mass is 305 g/mol. The molecule has 0 heterocycles. The summed E-state index contributed by atoms with van der Waals surface area (Å²) >= 11 is 0. The van der Waals surface area contributed by atoms with E-state index >= 15 is 0 Å². The molecule has 0 fully saturated rings. The zero-order chi connectivity index (χ0) is 15.1. The lowest BCUT2D eigenvalue weighted by Crippen LogP contribution is -2.27. The Balaban J connectivity index is 2.08. The number of nitrogens with one attached hydrogen (secondary N) is 1. The Kier molecular flexibility index (Phi) is 5.50. The van der Waals surface area contributed by atoms with Gasteiger partial charge in [0, 0.05) is 13.2 Å². The molecule has 0 spiro atoms. The molecule has 0 aliphatic carbocycles. The molecule has 5 heteroatoms. The van der Waals surface area contributed by atoms with Gasteiger partial charge in [0.25, 0.3) is 0 Å². The van der Waals surface area contributed by atoms with Crippen LogP contribution in [0.3, 0.4) is 0 Å². The molecule has 0 saturated heterocycles. The largest absolute Gasteiger partial charge is 0.380 e. The third-order valence-electron chi connectivity index (χ3n) is 3.01. The Morgan fingerprint density at radius 3 is 2.19 bits per heavy atom. The molecule has 4 nitrogen and oxygen atoms in total. The summed E-state index contributed by atoms with van der Waals surface area (Å²) in [6.45, 7) is 3.10. The highest BCUT2D eigenvalue weighted by Gasteiger charge is 2.13. The smallest absolute Gasteiger partial charge is 0.240 e. The van der Waals surface area contributed by atoms with Crippen molar-refractivity contribution in [1.29, 1.82) is 0 Å². The van der Waals surface area contributed by atoms with Gasteiger partial charge < -0.3 is 4.74 Å². The van der Waals surface area contributed by atoms with Crippen LogP contribution < -0.4 is 4.72 Å². The third-order valence-corrected chi connectivity index (χ3v) is 4.49. The molecule has 2 aromatic rings. The number of ether oxygens (including phenoxy) is 1. The summed E-state index contributed by atoms with van der Waals surface area (Å²) in [5, 5.41) is 0. The minimum Gasteiger partial charge on any atom is -0.380 e. The Hall–Kier alpha value is -1.69. The van der Waals surface area contributed by atoms with Gasteiger partial charge in [-0.3, -0.25) is 0 Å². The molecule has 2 aromatic carbocycles. The minimum absolute atomic E-state index is 0.263. The summed E-state index contributed by atoms with van der Waals surface area (Å²) in [6.07, 6.45) is 0. The Labute approximate surface area is 125 Å². The first kappa shape index (κ1) is 15.7. The predicted octanol–water partition coefficient (Wildman–Crippen LogP) is 2.67. The number of sulfonamides is 1. The van der Waals surface area contributed by atoms with E-state index < -0.39 is 10.0 Å². The van der Waals surface area contributed by atoms with Crippen molar-refractivity contribution in [1.82, 2.24) is 4.72 Å². The van der Waals surface area contributed by atoms with Crippen LogP contribution in [0.1, 0.15) is 6.92 Å². The van der Waals surface area contributed by atoms with Crippen LogP contribution in [0.15, 0.2) is 59.5 Å². The van der Waals surface area contributed by atoms with Gasteiger partial charge in [0.1, 0.15) is 0 Å². The fraction of sp³-hybridized carbons (Fsp3) is 0.250. The van der Waals surface area contributed by atoms with Crippen LogP contribution in [0.2, 0.25) is 0 Å². The standard InChI is InChI=1S/C16H19NO3S/c1-2-20-13-12-17-21(18,19)16-10-8-15(9-11-16)14-6-4-3-5-7-14/h3-11,17H,2,12-13H2,1H3. The first-order valence-corrected chi connectivity index (χ1v) is 8.34. The molecule has 0 amide bonds. The average Bonchev–Trinajstić information content (AvgIpc) is 2.53. The molecule has 0 unspecified atom stereocenters. The van der Waals surface area contributed by atoms with E-state index in [1.807, 2.05) is 49.4 Å². The highest BCUT2D eigenvalue weighted by molar-refractivity contribution is 7.89. The van der Waals surface area contributed by atoms with E-state index in [-0.39, 0.29) is 11.4 Å². The summed E-state index contributed by atoms with van der Waals surface area (Å²) in [5.74, 6) is 0. The zero-order valence-corrected chi connectivity index (χ0v) is 12.8. The van der Waals surface area contributed by atoms with Crippen LogP contribution in [-0.4, -0.2) is 28.2 Å². The lowest BCUT2D eigenvalue weighted by atomic mass is 10.1. The average molecular weight is 305 g/mol. The van der Waals surface area contributed by atoms with Crippen molar-refractivity contribution in [2.45, 2.75) is 11.8 Å². The van der Waals surface area contributed by atoms with Gasteiger partial charge in [0.15, 0.2) is 0 Å². The molecule has 2 rings (SSSR count). The van der Waals surface area contributed by atoms with Crippen LogP contribution >= 0.6 is 0 Å². The van der Waals surface area contributed by atoms with Crippen molar-refractivity contribution in [3.63, 3.8) is 0 Å². The first-order chi connectivity index (χ1) is 10.1. The van der Waals surface area contributed by atoms with Gasteiger partial charge in [-0.15, -0.1) is 0 Å². The fourth-order valence-electron chi connectivity index (χ4n) is 1.93. The summed E-state index contributed by atoms with van der Waals surface area (Å²) in [6, 6.07) is 16.7. The molecule has 0 atom stereocenters. The number of hydrogen-bond acceptors (Lipinski definition) is 3. The fourth-order valence-corrected chi connectivity index (χ4v) is 2.95. The Morgan fingerprint density at radius 2 is 1.57 bits per heavy atom. The van der Waals surface area contributed by atoms with Gasteiger partial charge in [-0.25, -0.2) is 13.1 Å². The summed E-state index contributed by atoms with van der Waals surface area (Å²) in [4.78, 5) is 0.263. The predicted molar refractivity (Wildman–Crippen MR) is 83.6 cm³/mol. The lowest BCUT2D eigenvalue weighted by molar-refractivity contribution is 0.153. The molecule has 0 aliphatic rings. The maximum absolute atomic E-state index is 12.1. The molecule has 0 aliphatic heterocycles. The molecular formula is C16H19NO3S. The molecule has 0 radical (unpaired) electrons. The van der Waals surface area contributed by atoms with Crippen LogP contribution in [-0.2, 0) is 14.8 Å². The van der Waals surface area contributed by atoms with Crippen LogP contribution in [0.25, 0.3) is 11.1 Å². The molecule has 112 valence electrons. The maximum Gasteiger partial charge on any atom is 0.240 e. The van der Waals surface area contributed by atoms with Gasteiger partial charge in [0.05, 0.1) is 11.5 Å².